The van der Waals surface area contributed by atoms with Crippen LogP contribution in [0.25, 0.3) is 21.3 Å². The number of nitrogens with zero attached hydrogens (tertiary/aromatic N) is 4. The molecule has 1 aromatic heterocycles. The first-order valence-corrected chi connectivity index (χ1v) is 5.93. The average molecular weight is 312 g/mol. The highest BCUT2D eigenvalue weighted by molar-refractivity contribution is 9.10. The Morgan fingerprint density at radius 1 is 1.50 bits per heavy atom. The number of nitrogens with one attached hydrogen (secondary N) is 1. The number of hydrogen-bond donors (Lipinski definition) is 3. The van der Waals surface area contributed by atoms with Crippen molar-refractivity contribution in [2.45, 2.75) is 12.2 Å². The van der Waals surface area contributed by atoms with Gasteiger partial charge in [-0.15, -0.1) is 0 Å². The molecule has 8 heteroatoms. The van der Waals surface area contributed by atoms with Crippen LogP contribution < -0.4 is 0 Å². The minimum Gasteiger partial charge on any atom is -0.390 e. The van der Waals surface area contributed by atoms with Crippen molar-refractivity contribution in [2.75, 3.05) is 6.54 Å². The van der Waals surface area contributed by atoms with Crippen molar-refractivity contribution >= 4 is 26.8 Å². The van der Waals surface area contributed by atoms with E-state index in [4.69, 9.17) is 5.53 Å². The molecule has 0 aliphatic carbocycles. The number of fused-ring (bicyclic) bond motifs is 1. The van der Waals surface area contributed by atoms with Crippen LogP contribution in [0.5, 0.6) is 0 Å². The summed E-state index contributed by atoms with van der Waals surface area (Å²) >= 11 is 3.32. The first-order chi connectivity index (χ1) is 8.63. The van der Waals surface area contributed by atoms with Crippen molar-refractivity contribution in [1.82, 2.24) is 10.2 Å². The summed E-state index contributed by atoms with van der Waals surface area (Å²) in [5.41, 5.74) is 9.25. The Morgan fingerprint density at radius 3 is 3.00 bits per heavy atom. The number of halogens is 1. The quantitative estimate of drug-likeness (QED) is 0.455. The second-order valence-electron chi connectivity index (χ2n) is 3.72. The third kappa shape index (κ3) is 2.46. The predicted octanol–water partition coefficient (Wildman–Crippen LogP) is 2.03. The van der Waals surface area contributed by atoms with E-state index in [0.717, 1.165) is 4.47 Å². The van der Waals surface area contributed by atoms with Crippen molar-refractivity contribution in [3.8, 4) is 0 Å². The van der Waals surface area contributed by atoms with Gasteiger partial charge in [-0.25, -0.2) is 0 Å². The Morgan fingerprint density at radius 2 is 2.28 bits per heavy atom. The smallest absolute Gasteiger partial charge is 0.122 e. The molecular formula is C10H10BrN5O2. The zero-order chi connectivity index (χ0) is 13.1. The Hall–Kier alpha value is -1.60. The molecule has 0 fully saturated rings. The first kappa shape index (κ1) is 12.8. The molecule has 0 aliphatic rings. The first-order valence-electron chi connectivity index (χ1n) is 5.14. The molecule has 0 radical (unpaired) electrons. The molecule has 0 saturated heterocycles. The van der Waals surface area contributed by atoms with E-state index in [-0.39, 0.29) is 6.54 Å². The van der Waals surface area contributed by atoms with E-state index in [9.17, 15) is 10.2 Å². The molecule has 0 aliphatic heterocycles. The van der Waals surface area contributed by atoms with Gasteiger partial charge in [0.05, 0.1) is 23.9 Å². The molecule has 2 atom stereocenters. The van der Waals surface area contributed by atoms with Gasteiger partial charge in [-0.1, -0.05) is 21.0 Å². The number of benzene rings is 1. The maximum atomic E-state index is 9.96. The minimum atomic E-state index is -1.18. The van der Waals surface area contributed by atoms with Gasteiger partial charge in [-0.2, -0.15) is 5.10 Å². The van der Waals surface area contributed by atoms with Crippen LogP contribution in [0.1, 0.15) is 11.8 Å². The third-order valence-corrected chi connectivity index (χ3v) is 3.03. The number of aromatic nitrogens is 2. The van der Waals surface area contributed by atoms with Gasteiger partial charge in [0.25, 0.3) is 0 Å². The molecule has 94 valence electrons. The van der Waals surface area contributed by atoms with Crippen LogP contribution in [0.4, 0.5) is 0 Å². The summed E-state index contributed by atoms with van der Waals surface area (Å²) in [6, 6.07) is 5.39. The highest BCUT2D eigenvalue weighted by atomic mass is 79.9. The van der Waals surface area contributed by atoms with Crippen molar-refractivity contribution in [3.05, 3.63) is 38.8 Å². The van der Waals surface area contributed by atoms with Gasteiger partial charge in [0.15, 0.2) is 0 Å². The van der Waals surface area contributed by atoms with E-state index < -0.39 is 12.2 Å². The number of rotatable bonds is 4. The Bertz CT molecular complexity index is 607. The van der Waals surface area contributed by atoms with Crippen molar-refractivity contribution < 1.29 is 10.2 Å². The number of H-pyrrole nitrogens is 1. The number of aliphatic hydroxyl groups is 2. The average Bonchev–Trinajstić information content (AvgIpc) is 2.77. The molecule has 1 aromatic carbocycles. The van der Waals surface area contributed by atoms with Crippen molar-refractivity contribution in [2.24, 2.45) is 5.11 Å². The Kier molecular flexibility index (Phi) is 3.83. The Labute approximate surface area is 110 Å². The van der Waals surface area contributed by atoms with Gasteiger partial charge in [0.1, 0.15) is 6.10 Å². The molecule has 3 N–H and O–H groups in total. The SMILES string of the molecule is [N-]=[N+]=NCC(O)C(O)c1[nH]nc2cc(Br)ccc12. The van der Waals surface area contributed by atoms with Gasteiger partial charge in [-0.3, -0.25) is 5.10 Å². The maximum Gasteiger partial charge on any atom is 0.122 e. The molecule has 7 nitrogen and oxygen atoms in total. The lowest BCUT2D eigenvalue weighted by molar-refractivity contribution is 0.0226. The normalized spacial score (nSPS) is 14.2. The fourth-order valence-corrected chi connectivity index (χ4v) is 1.99. The van der Waals surface area contributed by atoms with Crippen molar-refractivity contribution in [1.29, 1.82) is 0 Å². The number of aromatic amines is 1. The minimum absolute atomic E-state index is 0.200. The van der Waals surface area contributed by atoms with Gasteiger partial charge in [0.2, 0.25) is 0 Å². The molecule has 2 rings (SSSR count). The standard InChI is InChI=1S/C10H10BrN5O2/c11-5-1-2-6-7(3-5)14-15-9(6)10(18)8(17)4-13-16-12/h1-3,8,10,17-18H,4H2,(H,14,15). The molecule has 1 heterocycles. The molecule has 2 aromatic rings. The molecule has 0 saturated carbocycles. The topological polar surface area (TPSA) is 118 Å². The summed E-state index contributed by atoms with van der Waals surface area (Å²) in [7, 11) is 0. The van der Waals surface area contributed by atoms with Crippen LogP contribution in [0.15, 0.2) is 27.8 Å². The second kappa shape index (κ2) is 5.36. The summed E-state index contributed by atoms with van der Waals surface area (Å²) in [6.45, 7) is -0.200. The summed E-state index contributed by atoms with van der Waals surface area (Å²) in [5.74, 6) is 0. The van der Waals surface area contributed by atoms with Crippen LogP contribution in [-0.4, -0.2) is 33.1 Å². The molecule has 2 unspecified atom stereocenters. The van der Waals surface area contributed by atoms with E-state index in [1.165, 1.54) is 0 Å². The van der Waals surface area contributed by atoms with E-state index in [1.54, 1.807) is 12.1 Å². The van der Waals surface area contributed by atoms with E-state index in [2.05, 4.69) is 36.2 Å². The van der Waals surface area contributed by atoms with Crippen LogP contribution >= 0.6 is 15.9 Å². The molecule has 18 heavy (non-hydrogen) atoms. The van der Waals surface area contributed by atoms with Crippen LogP contribution in [-0.2, 0) is 0 Å². The Balaban J connectivity index is 2.33. The lowest BCUT2D eigenvalue weighted by atomic mass is 10.1. The predicted molar refractivity (Wildman–Crippen MR) is 68.8 cm³/mol. The second-order valence-corrected chi connectivity index (χ2v) is 4.64. The van der Waals surface area contributed by atoms with Gasteiger partial charge < -0.3 is 10.2 Å². The van der Waals surface area contributed by atoms with Gasteiger partial charge in [-0.05, 0) is 23.7 Å². The number of azide groups is 1. The highest BCUT2D eigenvalue weighted by Crippen LogP contribution is 2.26. The molecular weight excluding hydrogens is 302 g/mol. The van der Waals surface area contributed by atoms with E-state index in [1.807, 2.05) is 6.07 Å². The lowest BCUT2D eigenvalue weighted by Crippen LogP contribution is -2.21. The van der Waals surface area contributed by atoms with Crippen LogP contribution in [0.3, 0.4) is 0 Å². The lowest BCUT2D eigenvalue weighted by Gasteiger charge is -2.14. The molecule has 0 spiro atoms. The summed E-state index contributed by atoms with van der Waals surface area (Å²) in [6.07, 6.45) is -2.35. The zero-order valence-corrected chi connectivity index (χ0v) is 10.7. The largest absolute Gasteiger partial charge is 0.390 e. The van der Waals surface area contributed by atoms with Crippen LogP contribution in [0.2, 0.25) is 0 Å². The molecule has 0 amide bonds. The van der Waals surface area contributed by atoms with Crippen LogP contribution in [0, 0.1) is 0 Å². The van der Waals surface area contributed by atoms with Gasteiger partial charge >= 0.3 is 0 Å². The monoisotopic (exact) mass is 311 g/mol. The molecule has 0 bridgehead atoms. The summed E-state index contributed by atoms with van der Waals surface area (Å²) < 4.78 is 0.872. The number of aliphatic hydroxyl groups excluding tert-OH is 2. The fraction of sp³-hybridized carbons (Fsp3) is 0.300. The van der Waals surface area contributed by atoms with E-state index >= 15 is 0 Å². The summed E-state index contributed by atoms with van der Waals surface area (Å²) in [5, 5.41) is 30.3. The number of hydrogen-bond acceptors (Lipinski definition) is 4. The summed E-state index contributed by atoms with van der Waals surface area (Å²) in [4.78, 5) is 2.54. The third-order valence-electron chi connectivity index (χ3n) is 2.54. The fourth-order valence-electron chi connectivity index (χ4n) is 1.64. The zero-order valence-electron chi connectivity index (χ0n) is 9.16. The van der Waals surface area contributed by atoms with E-state index in [0.29, 0.717) is 16.6 Å². The highest BCUT2D eigenvalue weighted by Gasteiger charge is 2.21. The maximum absolute atomic E-state index is 9.96. The van der Waals surface area contributed by atoms with Gasteiger partial charge in [0, 0.05) is 14.8 Å². The van der Waals surface area contributed by atoms with Crippen molar-refractivity contribution in [3.63, 3.8) is 0 Å².